The van der Waals surface area contributed by atoms with Crippen LogP contribution in [0, 0.1) is 0 Å². The molecule has 1 aromatic heterocycles. The number of fused-ring (bicyclic) bond motifs is 1. The van der Waals surface area contributed by atoms with E-state index < -0.39 is 11.9 Å². The molecule has 0 aliphatic rings. The number of rotatable bonds is 5. The lowest BCUT2D eigenvalue weighted by molar-refractivity contribution is -0.138. The molecule has 2 aromatic carbocycles. The van der Waals surface area contributed by atoms with Crippen molar-refractivity contribution in [2.45, 2.75) is 19.8 Å². The number of aliphatic carboxylic acids is 1. The van der Waals surface area contributed by atoms with Gasteiger partial charge in [0.25, 0.3) is 0 Å². The molecule has 0 aliphatic heterocycles. The van der Waals surface area contributed by atoms with Gasteiger partial charge >= 0.3 is 5.97 Å². The summed E-state index contributed by atoms with van der Waals surface area (Å²) >= 11 is 5.87. The van der Waals surface area contributed by atoms with Crippen molar-refractivity contribution in [1.82, 2.24) is 4.98 Å². The fourth-order valence-electron chi connectivity index (χ4n) is 2.93. The SMILES string of the molecule is CC(=O)c1ccc2[nH]c(C(=O)c3ccc(Cl)cc3)c(C(C)C(=O)O)c2c1. The zero-order valence-corrected chi connectivity index (χ0v) is 14.9. The van der Waals surface area contributed by atoms with E-state index in [1.807, 2.05) is 0 Å². The Morgan fingerprint density at radius 3 is 2.23 bits per heavy atom. The van der Waals surface area contributed by atoms with Gasteiger partial charge in [0.05, 0.1) is 11.6 Å². The molecular weight excluding hydrogens is 354 g/mol. The maximum absolute atomic E-state index is 13.0. The Bertz CT molecular complexity index is 1030. The molecule has 0 radical (unpaired) electrons. The lowest BCUT2D eigenvalue weighted by Crippen LogP contribution is -2.13. The van der Waals surface area contributed by atoms with Crippen LogP contribution in [0.4, 0.5) is 0 Å². The molecule has 5 nitrogen and oxygen atoms in total. The van der Waals surface area contributed by atoms with Crippen LogP contribution < -0.4 is 0 Å². The molecule has 1 atom stereocenters. The molecule has 3 rings (SSSR count). The summed E-state index contributed by atoms with van der Waals surface area (Å²) in [5, 5.41) is 10.6. The number of nitrogens with one attached hydrogen (secondary N) is 1. The second kappa shape index (κ2) is 6.77. The average molecular weight is 370 g/mol. The van der Waals surface area contributed by atoms with E-state index in [9.17, 15) is 19.5 Å². The molecule has 1 unspecified atom stereocenters. The van der Waals surface area contributed by atoms with Crippen molar-refractivity contribution < 1.29 is 19.5 Å². The van der Waals surface area contributed by atoms with E-state index in [2.05, 4.69) is 4.98 Å². The van der Waals surface area contributed by atoms with Gasteiger partial charge in [-0.05, 0) is 56.3 Å². The number of aromatic nitrogens is 1. The molecule has 2 N–H and O–H groups in total. The molecule has 0 saturated carbocycles. The Hall–Kier alpha value is -2.92. The Kier molecular flexibility index (Phi) is 4.66. The zero-order chi connectivity index (χ0) is 19.0. The molecule has 0 bridgehead atoms. The third kappa shape index (κ3) is 3.13. The van der Waals surface area contributed by atoms with Crippen molar-refractivity contribution in [2.75, 3.05) is 0 Å². The number of carboxylic acid groups (broad SMARTS) is 1. The number of ketones is 2. The normalized spacial score (nSPS) is 12.1. The van der Waals surface area contributed by atoms with Gasteiger partial charge in [0.2, 0.25) is 5.78 Å². The fourth-order valence-corrected chi connectivity index (χ4v) is 3.06. The van der Waals surface area contributed by atoms with E-state index in [0.29, 0.717) is 32.6 Å². The van der Waals surface area contributed by atoms with Crippen LogP contribution in [0.1, 0.15) is 51.7 Å². The topological polar surface area (TPSA) is 87.2 Å². The van der Waals surface area contributed by atoms with E-state index in [0.717, 1.165) is 0 Å². The van der Waals surface area contributed by atoms with Crippen LogP contribution in [0.25, 0.3) is 10.9 Å². The standard InChI is InChI=1S/C20H16ClNO4/c1-10(20(25)26)17-15-9-13(11(2)23)5-8-16(15)22-18(17)19(24)12-3-6-14(21)7-4-12/h3-10,22H,1-2H3,(H,25,26). The van der Waals surface area contributed by atoms with Crippen molar-refractivity contribution in [1.29, 1.82) is 0 Å². The summed E-state index contributed by atoms with van der Waals surface area (Å²) < 4.78 is 0. The van der Waals surface area contributed by atoms with Crippen LogP contribution in [0.5, 0.6) is 0 Å². The number of Topliss-reactive ketones (excluding diaryl/α,β-unsaturated/α-hetero) is 1. The highest BCUT2D eigenvalue weighted by Gasteiger charge is 2.27. The molecule has 1 heterocycles. The van der Waals surface area contributed by atoms with Gasteiger partial charge in [-0.3, -0.25) is 14.4 Å². The maximum Gasteiger partial charge on any atom is 0.310 e. The number of carboxylic acids is 1. The molecule has 0 amide bonds. The molecule has 3 aromatic rings. The first-order valence-corrected chi connectivity index (χ1v) is 8.37. The second-order valence-corrected chi connectivity index (χ2v) is 6.56. The Labute approximate surface area is 154 Å². The van der Waals surface area contributed by atoms with Crippen molar-refractivity contribution in [3.8, 4) is 0 Å². The van der Waals surface area contributed by atoms with E-state index in [1.165, 1.54) is 13.8 Å². The fraction of sp³-hybridized carbons (Fsp3) is 0.150. The number of carbonyl (C=O) groups is 3. The third-order valence-corrected chi connectivity index (χ3v) is 4.63. The largest absolute Gasteiger partial charge is 0.481 e. The third-order valence-electron chi connectivity index (χ3n) is 4.38. The van der Waals surface area contributed by atoms with Crippen molar-refractivity contribution in [2.24, 2.45) is 0 Å². The number of carbonyl (C=O) groups excluding carboxylic acids is 2. The van der Waals surface area contributed by atoms with Crippen LogP contribution in [-0.2, 0) is 4.79 Å². The summed E-state index contributed by atoms with van der Waals surface area (Å²) in [6, 6.07) is 11.3. The summed E-state index contributed by atoms with van der Waals surface area (Å²) in [5.74, 6) is -2.43. The highest BCUT2D eigenvalue weighted by molar-refractivity contribution is 6.30. The van der Waals surface area contributed by atoms with E-state index in [1.54, 1.807) is 42.5 Å². The summed E-state index contributed by atoms with van der Waals surface area (Å²) in [5.41, 5.74) is 2.04. The number of benzene rings is 2. The molecule has 132 valence electrons. The van der Waals surface area contributed by atoms with Gasteiger partial charge in [0, 0.05) is 32.6 Å². The molecule has 0 fully saturated rings. The average Bonchev–Trinajstić information content (AvgIpc) is 2.99. The highest BCUT2D eigenvalue weighted by Crippen LogP contribution is 2.32. The van der Waals surface area contributed by atoms with Gasteiger partial charge in [-0.1, -0.05) is 11.6 Å². The molecule has 0 spiro atoms. The monoisotopic (exact) mass is 369 g/mol. The first-order valence-electron chi connectivity index (χ1n) is 7.99. The number of halogens is 1. The minimum absolute atomic E-state index is 0.132. The lowest BCUT2D eigenvalue weighted by Gasteiger charge is -2.09. The maximum atomic E-state index is 13.0. The first-order chi connectivity index (χ1) is 12.3. The van der Waals surface area contributed by atoms with Crippen molar-refractivity contribution >= 4 is 40.0 Å². The molecular formula is C20H16ClNO4. The predicted molar refractivity (Wildman–Crippen MR) is 99.2 cm³/mol. The smallest absolute Gasteiger partial charge is 0.310 e. The summed E-state index contributed by atoms with van der Waals surface area (Å²) in [6.45, 7) is 2.96. The summed E-state index contributed by atoms with van der Waals surface area (Å²) in [6.07, 6.45) is 0. The quantitative estimate of drug-likeness (QED) is 0.651. The van der Waals surface area contributed by atoms with Gasteiger partial charge in [-0.2, -0.15) is 0 Å². The van der Waals surface area contributed by atoms with Gasteiger partial charge in [-0.25, -0.2) is 0 Å². The van der Waals surface area contributed by atoms with Crippen LogP contribution in [0.3, 0.4) is 0 Å². The number of H-pyrrole nitrogens is 1. The Morgan fingerprint density at radius 2 is 1.65 bits per heavy atom. The lowest BCUT2D eigenvalue weighted by atomic mass is 9.93. The van der Waals surface area contributed by atoms with Crippen molar-refractivity contribution in [3.05, 3.63) is 69.9 Å². The van der Waals surface area contributed by atoms with Gasteiger partial charge < -0.3 is 10.1 Å². The van der Waals surface area contributed by atoms with Crippen LogP contribution in [0.15, 0.2) is 42.5 Å². The second-order valence-electron chi connectivity index (χ2n) is 6.13. The number of hydrogen-bond acceptors (Lipinski definition) is 3. The zero-order valence-electron chi connectivity index (χ0n) is 14.2. The van der Waals surface area contributed by atoms with Crippen LogP contribution in [0.2, 0.25) is 5.02 Å². The summed E-state index contributed by atoms with van der Waals surface area (Å²) in [7, 11) is 0. The van der Waals surface area contributed by atoms with E-state index in [4.69, 9.17) is 11.6 Å². The van der Waals surface area contributed by atoms with Gasteiger partial charge in [0.15, 0.2) is 5.78 Å². The van der Waals surface area contributed by atoms with Gasteiger partial charge in [0.1, 0.15) is 0 Å². The Morgan fingerprint density at radius 1 is 1.04 bits per heavy atom. The van der Waals surface area contributed by atoms with Gasteiger partial charge in [-0.15, -0.1) is 0 Å². The van der Waals surface area contributed by atoms with Crippen LogP contribution in [-0.4, -0.2) is 27.6 Å². The number of hydrogen-bond donors (Lipinski definition) is 2. The van der Waals surface area contributed by atoms with Crippen LogP contribution >= 0.6 is 11.6 Å². The van der Waals surface area contributed by atoms with E-state index in [-0.39, 0.29) is 17.3 Å². The summed E-state index contributed by atoms with van der Waals surface area (Å²) in [4.78, 5) is 39.3. The van der Waals surface area contributed by atoms with E-state index >= 15 is 0 Å². The Balaban J connectivity index is 2.25. The molecule has 0 aliphatic carbocycles. The molecule has 26 heavy (non-hydrogen) atoms. The molecule has 0 saturated heterocycles. The molecule has 6 heteroatoms. The van der Waals surface area contributed by atoms with Crippen molar-refractivity contribution in [3.63, 3.8) is 0 Å². The predicted octanol–water partition coefficient (Wildman–Crippen LogP) is 4.44. The minimum Gasteiger partial charge on any atom is -0.481 e. The highest BCUT2D eigenvalue weighted by atomic mass is 35.5. The first kappa shape index (κ1) is 17.9. The minimum atomic E-state index is -1.05. The number of aromatic amines is 1.